The van der Waals surface area contributed by atoms with E-state index in [4.69, 9.17) is 10.5 Å². The van der Waals surface area contributed by atoms with Crippen molar-refractivity contribution in [1.82, 2.24) is 24.7 Å². The van der Waals surface area contributed by atoms with Crippen LogP contribution < -0.4 is 15.8 Å². The third-order valence-electron chi connectivity index (χ3n) is 4.73. The summed E-state index contributed by atoms with van der Waals surface area (Å²) in [4.78, 5) is 20.8. The molecule has 4 aromatic rings. The smallest absolute Gasteiger partial charge is 0.304 e. The first-order chi connectivity index (χ1) is 15.0. The summed E-state index contributed by atoms with van der Waals surface area (Å²) in [5.41, 5.74) is 8.09. The van der Waals surface area contributed by atoms with Crippen LogP contribution in [0.4, 0.5) is 10.2 Å². The van der Waals surface area contributed by atoms with Gasteiger partial charge in [0.2, 0.25) is 0 Å². The van der Waals surface area contributed by atoms with Gasteiger partial charge in [-0.1, -0.05) is 25.1 Å². The maximum atomic E-state index is 13.5. The van der Waals surface area contributed by atoms with Crippen LogP contribution in [0.5, 0.6) is 6.01 Å². The van der Waals surface area contributed by atoms with Crippen LogP contribution in [0.1, 0.15) is 28.5 Å². The van der Waals surface area contributed by atoms with E-state index in [0.29, 0.717) is 35.5 Å². The number of carbonyl (C=O) groups excluding carboxylic acids is 1. The molecule has 1 amide bonds. The number of para-hydroxylation sites is 1. The highest BCUT2D eigenvalue weighted by Crippen LogP contribution is 2.27. The fraction of sp³-hybridized carbons (Fsp3) is 0.190. The Bertz CT molecular complexity index is 1270. The fourth-order valence-electron chi connectivity index (χ4n) is 3.25. The number of rotatable bonds is 7. The minimum Gasteiger partial charge on any atom is -0.468 e. The van der Waals surface area contributed by atoms with E-state index >= 15 is 0 Å². The third kappa shape index (κ3) is 3.87. The van der Waals surface area contributed by atoms with Crippen molar-refractivity contribution in [3.8, 4) is 12.0 Å². The topological polar surface area (TPSA) is 121 Å². The number of hydrogen-bond donors (Lipinski definition) is 2. The lowest BCUT2D eigenvalue weighted by atomic mass is 10.2. The predicted molar refractivity (Wildman–Crippen MR) is 113 cm³/mol. The molecule has 0 saturated heterocycles. The maximum Gasteiger partial charge on any atom is 0.304 e. The number of imidazole rings is 1. The van der Waals surface area contributed by atoms with Gasteiger partial charge in [0.15, 0.2) is 5.82 Å². The molecule has 0 atom stereocenters. The number of nitrogens with zero attached hydrogens (tertiary/aromatic N) is 5. The predicted octanol–water partition coefficient (Wildman–Crippen LogP) is 2.63. The number of methoxy groups -OCH3 is 1. The lowest BCUT2D eigenvalue weighted by Crippen LogP contribution is -2.13. The van der Waals surface area contributed by atoms with Crippen LogP contribution in [0.2, 0.25) is 0 Å². The summed E-state index contributed by atoms with van der Waals surface area (Å²) in [7, 11) is 1.46. The largest absolute Gasteiger partial charge is 0.468 e. The van der Waals surface area contributed by atoms with Crippen LogP contribution in [-0.2, 0) is 13.0 Å². The van der Waals surface area contributed by atoms with Crippen LogP contribution >= 0.6 is 0 Å². The molecular formula is C21H20FN7O2. The molecule has 158 valence electrons. The van der Waals surface area contributed by atoms with Gasteiger partial charge in [-0.15, -0.1) is 10.2 Å². The van der Waals surface area contributed by atoms with E-state index in [2.05, 4.69) is 25.5 Å². The highest BCUT2D eigenvalue weighted by atomic mass is 19.1. The molecule has 0 aliphatic heterocycles. The van der Waals surface area contributed by atoms with Crippen molar-refractivity contribution in [2.45, 2.75) is 19.9 Å². The van der Waals surface area contributed by atoms with Crippen molar-refractivity contribution < 1.29 is 13.9 Å². The zero-order valence-electron chi connectivity index (χ0n) is 17.0. The van der Waals surface area contributed by atoms with Gasteiger partial charge in [0.1, 0.15) is 17.0 Å². The van der Waals surface area contributed by atoms with Gasteiger partial charge in [-0.25, -0.2) is 8.96 Å². The SMILES string of the molecule is CCc1nnc(-n2c(OC)nc3c(C(N)=O)cccc32)nc1NCc1cccc(F)c1. The molecule has 0 spiro atoms. The highest BCUT2D eigenvalue weighted by Gasteiger charge is 2.20. The van der Waals surface area contributed by atoms with Crippen molar-refractivity contribution in [2.75, 3.05) is 12.4 Å². The molecule has 0 saturated carbocycles. The van der Waals surface area contributed by atoms with Crippen LogP contribution in [-0.4, -0.2) is 37.7 Å². The Morgan fingerprint density at radius 1 is 1.19 bits per heavy atom. The molecule has 9 nitrogen and oxygen atoms in total. The number of benzene rings is 2. The fourth-order valence-corrected chi connectivity index (χ4v) is 3.25. The van der Waals surface area contributed by atoms with Gasteiger partial charge in [-0.05, 0) is 36.2 Å². The van der Waals surface area contributed by atoms with E-state index in [1.54, 1.807) is 28.8 Å². The standard InChI is InChI=1S/C21H20FN7O2/c1-3-15-19(24-11-12-6-4-7-13(22)10-12)26-20(28-27-15)29-16-9-5-8-14(18(23)30)17(16)25-21(29)31-2/h4-10H,3,11H2,1-2H3,(H2,23,30)(H,24,26,28). The monoisotopic (exact) mass is 421 g/mol. The molecule has 0 radical (unpaired) electrons. The van der Waals surface area contributed by atoms with Crippen molar-refractivity contribution in [1.29, 1.82) is 0 Å². The normalized spacial score (nSPS) is 10.9. The molecule has 2 aromatic carbocycles. The average molecular weight is 421 g/mol. The number of amides is 1. The lowest BCUT2D eigenvalue weighted by molar-refractivity contribution is 0.100. The van der Waals surface area contributed by atoms with Crippen molar-refractivity contribution >= 4 is 22.8 Å². The number of fused-ring (bicyclic) bond motifs is 1. The molecule has 10 heteroatoms. The minimum atomic E-state index is -0.601. The van der Waals surface area contributed by atoms with Gasteiger partial charge in [0, 0.05) is 6.54 Å². The number of aryl methyl sites for hydroxylation is 1. The Kier molecular flexibility index (Phi) is 5.44. The number of carbonyl (C=O) groups is 1. The number of nitrogens with two attached hydrogens (primary N) is 1. The second-order valence-corrected chi connectivity index (χ2v) is 6.72. The van der Waals surface area contributed by atoms with Gasteiger partial charge in [-0.3, -0.25) is 4.79 Å². The summed E-state index contributed by atoms with van der Waals surface area (Å²) >= 11 is 0. The maximum absolute atomic E-state index is 13.5. The summed E-state index contributed by atoms with van der Waals surface area (Å²) in [5.74, 6) is -0.196. The molecule has 0 unspecified atom stereocenters. The van der Waals surface area contributed by atoms with Crippen LogP contribution in [0.15, 0.2) is 42.5 Å². The van der Waals surface area contributed by atoms with E-state index < -0.39 is 5.91 Å². The number of nitrogens with one attached hydrogen (secondary N) is 1. The molecule has 3 N–H and O–H groups in total. The molecule has 31 heavy (non-hydrogen) atoms. The number of anilines is 1. The number of ether oxygens (including phenoxy) is 1. The molecular weight excluding hydrogens is 401 g/mol. The molecule has 0 fully saturated rings. The molecule has 0 aliphatic carbocycles. The minimum absolute atomic E-state index is 0.186. The summed E-state index contributed by atoms with van der Waals surface area (Å²) in [6.07, 6.45) is 0.597. The molecule has 0 bridgehead atoms. The summed E-state index contributed by atoms with van der Waals surface area (Å²) in [5, 5.41) is 11.7. The van der Waals surface area contributed by atoms with Gasteiger partial charge >= 0.3 is 6.01 Å². The number of hydrogen-bond acceptors (Lipinski definition) is 7. The van der Waals surface area contributed by atoms with Gasteiger partial charge in [-0.2, -0.15) is 9.97 Å². The van der Waals surface area contributed by atoms with Crippen molar-refractivity contribution in [2.24, 2.45) is 5.73 Å². The first-order valence-corrected chi connectivity index (χ1v) is 9.59. The Hall–Kier alpha value is -4.08. The number of primary amides is 1. The second kappa shape index (κ2) is 8.34. The van der Waals surface area contributed by atoms with Crippen LogP contribution in [0.3, 0.4) is 0 Å². The van der Waals surface area contributed by atoms with Gasteiger partial charge in [0.25, 0.3) is 11.9 Å². The number of aromatic nitrogens is 5. The van der Waals surface area contributed by atoms with E-state index in [-0.39, 0.29) is 23.3 Å². The Labute approximate surface area is 177 Å². The zero-order chi connectivity index (χ0) is 22.0. The zero-order valence-corrected chi connectivity index (χ0v) is 17.0. The first kappa shape index (κ1) is 20.2. The molecule has 0 aliphatic rings. The van der Waals surface area contributed by atoms with E-state index in [1.165, 1.54) is 19.2 Å². The van der Waals surface area contributed by atoms with Gasteiger partial charge < -0.3 is 15.8 Å². The summed E-state index contributed by atoms with van der Waals surface area (Å²) in [6, 6.07) is 11.5. The van der Waals surface area contributed by atoms with Crippen LogP contribution in [0.25, 0.3) is 17.0 Å². The summed E-state index contributed by atoms with van der Waals surface area (Å²) < 4.78 is 20.4. The quantitative estimate of drug-likeness (QED) is 0.470. The molecule has 4 rings (SSSR count). The lowest BCUT2D eigenvalue weighted by Gasteiger charge is -2.12. The molecule has 2 aromatic heterocycles. The highest BCUT2D eigenvalue weighted by molar-refractivity contribution is 6.04. The Morgan fingerprint density at radius 2 is 2.00 bits per heavy atom. The van der Waals surface area contributed by atoms with Crippen molar-refractivity contribution in [3.63, 3.8) is 0 Å². The summed E-state index contributed by atoms with van der Waals surface area (Å²) in [6.45, 7) is 2.29. The van der Waals surface area contributed by atoms with E-state index in [9.17, 15) is 9.18 Å². The van der Waals surface area contributed by atoms with Crippen LogP contribution in [0, 0.1) is 5.82 Å². The third-order valence-corrected chi connectivity index (χ3v) is 4.73. The second-order valence-electron chi connectivity index (χ2n) is 6.72. The van der Waals surface area contributed by atoms with E-state index in [1.807, 2.05) is 13.0 Å². The molecule has 2 heterocycles. The number of halogens is 1. The van der Waals surface area contributed by atoms with E-state index in [0.717, 1.165) is 5.56 Å². The Morgan fingerprint density at radius 3 is 2.71 bits per heavy atom. The Balaban J connectivity index is 1.78. The first-order valence-electron chi connectivity index (χ1n) is 9.59. The van der Waals surface area contributed by atoms with Crippen molar-refractivity contribution in [3.05, 3.63) is 65.1 Å². The average Bonchev–Trinajstić information content (AvgIpc) is 3.16. The van der Waals surface area contributed by atoms with Gasteiger partial charge in [0.05, 0.1) is 18.2 Å².